The molecule has 112 valence electrons. The van der Waals surface area contributed by atoms with Crippen molar-refractivity contribution in [2.45, 2.75) is 25.7 Å². The number of esters is 1. The summed E-state index contributed by atoms with van der Waals surface area (Å²) in [6.07, 6.45) is 4.92. The Morgan fingerprint density at radius 1 is 1.29 bits per heavy atom. The Bertz CT molecular complexity index is 723. The normalized spacial score (nSPS) is 12.2. The van der Waals surface area contributed by atoms with Crippen LogP contribution in [0, 0.1) is 20.8 Å². The van der Waals surface area contributed by atoms with Gasteiger partial charge in [-0.1, -0.05) is 0 Å². The number of hydrogen-bond acceptors (Lipinski definition) is 5. The summed E-state index contributed by atoms with van der Waals surface area (Å²) in [7, 11) is 1.23. The van der Waals surface area contributed by atoms with Crippen LogP contribution in [0.1, 0.15) is 27.0 Å². The van der Waals surface area contributed by atoms with E-state index in [-0.39, 0.29) is 10.5 Å². The highest BCUT2D eigenvalue weighted by Crippen LogP contribution is 2.32. The minimum atomic E-state index is -2.55. The maximum Gasteiger partial charge on any atom is 0.339 e. The summed E-state index contributed by atoms with van der Waals surface area (Å²) < 4.78 is 29.7. The standard InChI is InChI=1S/C14H16N2O4S/c1-8-9(2)12(16-6-5-15-7-16)10(3)13(21(18)19)11(8)14(17)20-4/h5-7H,1-4H3,(H,18,19)/p-1. The minimum Gasteiger partial charge on any atom is -0.768 e. The number of imidazole rings is 1. The second-order valence-electron chi connectivity index (χ2n) is 4.62. The third-order valence-corrected chi connectivity index (χ3v) is 4.38. The Hall–Kier alpha value is -1.99. The molecule has 21 heavy (non-hydrogen) atoms. The van der Waals surface area contributed by atoms with Gasteiger partial charge in [0.15, 0.2) is 0 Å². The van der Waals surface area contributed by atoms with Gasteiger partial charge in [0.1, 0.15) is 0 Å². The molecule has 1 atom stereocenters. The maximum absolute atomic E-state index is 11.9. The molecule has 1 unspecified atom stereocenters. The molecule has 0 aliphatic rings. The van der Waals surface area contributed by atoms with Crippen LogP contribution in [0.25, 0.3) is 5.69 Å². The Morgan fingerprint density at radius 3 is 2.43 bits per heavy atom. The van der Waals surface area contributed by atoms with Crippen LogP contribution in [-0.4, -0.2) is 31.4 Å². The first-order valence-corrected chi connectivity index (χ1v) is 7.27. The molecule has 0 amide bonds. The number of nitrogens with zero attached hydrogens (tertiary/aromatic N) is 2. The molecule has 0 saturated carbocycles. The summed E-state index contributed by atoms with van der Waals surface area (Å²) in [6.45, 7) is 5.21. The minimum absolute atomic E-state index is 0.0337. The van der Waals surface area contributed by atoms with Crippen LogP contribution in [0.4, 0.5) is 0 Å². The topological polar surface area (TPSA) is 84.2 Å². The highest BCUT2D eigenvalue weighted by Gasteiger charge is 2.23. The van der Waals surface area contributed by atoms with Gasteiger partial charge in [-0.15, -0.1) is 0 Å². The van der Waals surface area contributed by atoms with Gasteiger partial charge in [-0.3, -0.25) is 4.21 Å². The number of aromatic nitrogens is 2. The molecule has 0 aliphatic heterocycles. The molecule has 1 aromatic heterocycles. The largest absolute Gasteiger partial charge is 0.768 e. The molecule has 1 heterocycles. The summed E-state index contributed by atoms with van der Waals surface area (Å²) in [6, 6.07) is 0. The van der Waals surface area contributed by atoms with Crippen LogP contribution in [0.3, 0.4) is 0 Å². The molecule has 2 aromatic rings. The lowest BCUT2D eigenvalue weighted by atomic mass is 9.97. The molecule has 1 aromatic carbocycles. The van der Waals surface area contributed by atoms with E-state index in [0.717, 1.165) is 5.56 Å². The van der Waals surface area contributed by atoms with Gasteiger partial charge < -0.3 is 13.9 Å². The van der Waals surface area contributed by atoms with E-state index in [0.29, 0.717) is 16.8 Å². The molecule has 2 rings (SSSR count). The van der Waals surface area contributed by atoms with Crippen molar-refractivity contribution in [2.75, 3.05) is 7.11 Å². The van der Waals surface area contributed by atoms with Gasteiger partial charge in [0.05, 0.1) is 24.7 Å². The van der Waals surface area contributed by atoms with Crippen LogP contribution in [0.2, 0.25) is 0 Å². The predicted octanol–water partition coefficient (Wildman–Crippen LogP) is 1.82. The number of carbonyl (C=O) groups excluding carboxylic acids is 1. The monoisotopic (exact) mass is 307 g/mol. The Balaban J connectivity index is 2.90. The SMILES string of the molecule is COC(=O)c1c(C)c(C)c(-n2ccnc2)c(C)c1S(=O)[O-]. The Morgan fingerprint density at radius 2 is 1.95 bits per heavy atom. The number of ether oxygens (including phenoxy) is 1. The van der Waals surface area contributed by atoms with Crippen LogP contribution in [0.15, 0.2) is 23.6 Å². The van der Waals surface area contributed by atoms with Crippen molar-refractivity contribution in [3.63, 3.8) is 0 Å². The summed E-state index contributed by atoms with van der Waals surface area (Å²) in [5.74, 6) is -0.657. The fourth-order valence-corrected chi connectivity index (χ4v) is 3.20. The molecular weight excluding hydrogens is 292 g/mol. The van der Waals surface area contributed by atoms with E-state index in [1.807, 2.05) is 6.92 Å². The third kappa shape index (κ3) is 2.50. The summed E-state index contributed by atoms with van der Waals surface area (Å²) in [5.41, 5.74) is 2.67. The zero-order chi connectivity index (χ0) is 15.7. The van der Waals surface area contributed by atoms with Gasteiger partial charge in [-0.05, 0) is 48.5 Å². The number of carbonyl (C=O) groups is 1. The smallest absolute Gasteiger partial charge is 0.339 e. The van der Waals surface area contributed by atoms with E-state index in [4.69, 9.17) is 4.74 Å². The number of benzene rings is 1. The highest BCUT2D eigenvalue weighted by atomic mass is 32.2. The zero-order valence-electron chi connectivity index (χ0n) is 12.2. The van der Waals surface area contributed by atoms with Crippen molar-refractivity contribution in [1.29, 1.82) is 0 Å². The van der Waals surface area contributed by atoms with Gasteiger partial charge in [-0.2, -0.15) is 0 Å². The molecule has 0 N–H and O–H groups in total. The van der Waals surface area contributed by atoms with Crippen molar-refractivity contribution in [1.82, 2.24) is 9.55 Å². The number of methoxy groups -OCH3 is 1. The van der Waals surface area contributed by atoms with E-state index in [1.165, 1.54) is 7.11 Å². The lowest BCUT2D eigenvalue weighted by molar-refractivity contribution is 0.0595. The second-order valence-corrected chi connectivity index (χ2v) is 5.50. The number of hydrogen-bond donors (Lipinski definition) is 0. The fourth-order valence-electron chi connectivity index (χ4n) is 2.45. The van der Waals surface area contributed by atoms with Gasteiger partial charge in [0.2, 0.25) is 0 Å². The second kappa shape index (κ2) is 5.79. The van der Waals surface area contributed by atoms with Gasteiger partial charge in [-0.25, -0.2) is 9.78 Å². The average molecular weight is 307 g/mol. The molecule has 0 bridgehead atoms. The lowest BCUT2D eigenvalue weighted by Gasteiger charge is -2.22. The molecule has 0 saturated heterocycles. The lowest BCUT2D eigenvalue weighted by Crippen LogP contribution is -2.15. The average Bonchev–Trinajstić information content (AvgIpc) is 2.95. The number of rotatable bonds is 3. The van der Waals surface area contributed by atoms with Gasteiger partial charge >= 0.3 is 5.97 Å². The predicted molar refractivity (Wildman–Crippen MR) is 76.3 cm³/mol. The quantitative estimate of drug-likeness (QED) is 0.638. The van der Waals surface area contributed by atoms with Gasteiger partial charge in [0, 0.05) is 17.3 Å². The first-order valence-electron chi connectivity index (χ1n) is 6.19. The Kier molecular flexibility index (Phi) is 4.24. The van der Waals surface area contributed by atoms with E-state index < -0.39 is 17.0 Å². The fraction of sp³-hybridized carbons (Fsp3) is 0.286. The molecule has 7 heteroatoms. The van der Waals surface area contributed by atoms with Crippen molar-refractivity contribution < 1.29 is 18.3 Å². The molecular formula is C14H15N2O4S-. The Labute approximate surface area is 125 Å². The molecule has 0 aliphatic carbocycles. The molecule has 6 nitrogen and oxygen atoms in total. The summed E-state index contributed by atoms with van der Waals surface area (Å²) in [4.78, 5) is 15.9. The maximum atomic E-state index is 11.9. The van der Waals surface area contributed by atoms with Crippen molar-refractivity contribution in [3.8, 4) is 5.69 Å². The summed E-state index contributed by atoms with van der Waals surface area (Å²) in [5, 5.41) is 0. The highest BCUT2D eigenvalue weighted by molar-refractivity contribution is 7.79. The third-order valence-electron chi connectivity index (χ3n) is 3.53. The van der Waals surface area contributed by atoms with E-state index in [9.17, 15) is 13.6 Å². The van der Waals surface area contributed by atoms with Crippen LogP contribution in [0.5, 0.6) is 0 Å². The van der Waals surface area contributed by atoms with E-state index in [1.54, 1.807) is 37.1 Å². The zero-order valence-corrected chi connectivity index (χ0v) is 13.0. The van der Waals surface area contributed by atoms with Crippen LogP contribution < -0.4 is 0 Å². The first-order chi connectivity index (χ1) is 9.90. The van der Waals surface area contributed by atoms with Crippen LogP contribution >= 0.6 is 0 Å². The molecule has 0 radical (unpaired) electrons. The van der Waals surface area contributed by atoms with Gasteiger partial charge in [0.25, 0.3) is 0 Å². The van der Waals surface area contributed by atoms with Crippen molar-refractivity contribution in [2.24, 2.45) is 0 Å². The van der Waals surface area contributed by atoms with Crippen molar-refractivity contribution in [3.05, 3.63) is 41.0 Å². The van der Waals surface area contributed by atoms with E-state index in [2.05, 4.69) is 4.98 Å². The van der Waals surface area contributed by atoms with Crippen molar-refractivity contribution >= 4 is 17.0 Å². The molecule has 0 fully saturated rings. The van der Waals surface area contributed by atoms with E-state index >= 15 is 0 Å². The molecule has 0 spiro atoms. The first kappa shape index (κ1) is 15.4. The summed E-state index contributed by atoms with van der Waals surface area (Å²) >= 11 is -2.55. The van der Waals surface area contributed by atoms with Crippen LogP contribution in [-0.2, 0) is 15.8 Å².